The normalized spacial score (nSPS) is 18.0. The summed E-state index contributed by atoms with van der Waals surface area (Å²) < 4.78 is 0. The molecule has 0 saturated heterocycles. The number of nitro groups is 1. The molecule has 1 saturated carbocycles. The highest BCUT2D eigenvalue weighted by atomic mass is 16.6. The average Bonchev–Trinajstić information content (AvgIpc) is 3.08. The number of rotatable bonds is 6. The minimum absolute atomic E-state index is 0.0129. The van der Waals surface area contributed by atoms with E-state index in [4.69, 9.17) is 0 Å². The molecule has 6 nitrogen and oxygen atoms in total. The highest BCUT2D eigenvalue weighted by Gasteiger charge is 2.67. The summed E-state index contributed by atoms with van der Waals surface area (Å²) in [6, 6.07) is 15.7. The van der Waals surface area contributed by atoms with Crippen molar-refractivity contribution in [2.45, 2.75) is 47.2 Å². The Hall–Kier alpha value is -2.89. The molecule has 0 radical (unpaired) electrons. The number of benzene rings is 2. The summed E-state index contributed by atoms with van der Waals surface area (Å²) in [4.78, 5) is 25.7. The maximum atomic E-state index is 13.2. The van der Waals surface area contributed by atoms with E-state index in [0.717, 1.165) is 5.56 Å². The fourth-order valence-electron chi connectivity index (χ4n) is 4.71. The molecule has 0 aromatic heterocycles. The second kappa shape index (κ2) is 7.50. The molecule has 1 N–H and O–H groups in total. The lowest BCUT2D eigenvalue weighted by atomic mass is 10.0. The molecule has 6 heteroatoms. The minimum Gasteiger partial charge on any atom is -0.317 e. The van der Waals surface area contributed by atoms with Gasteiger partial charge in [0, 0.05) is 30.4 Å². The van der Waals surface area contributed by atoms with Crippen LogP contribution in [0.25, 0.3) is 0 Å². The third kappa shape index (κ3) is 3.97. The minimum atomic E-state index is -0.463. The molecule has 0 aliphatic heterocycles. The number of carbonyl (C=O) groups is 1. The van der Waals surface area contributed by atoms with E-state index in [0.29, 0.717) is 18.2 Å². The van der Waals surface area contributed by atoms with Crippen molar-refractivity contribution < 1.29 is 9.72 Å². The molecular weight excluding hydrogens is 366 g/mol. The van der Waals surface area contributed by atoms with E-state index in [2.05, 4.69) is 39.9 Å². The monoisotopic (exact) mass is 395 g/mol. The van der Waals surface area contributed by atoms with Crippen LogP contribution in [0.1, 0.15) is 40.2 Å². The fourth-order valence-corrected chi connectivity index (χ4v) is 4.71. The van der Waals surface area contributed by atoms with Crippen molar-refractivity contribution in [2.24, 2.45) is 16.7 Å². The first-order chi connectivity index (χ1) is 13.6. The molecule has 1 atom stereocenters. The van der Waals surface area contributed by atoms with Crippen LogP contribution in [0.2, 0.25) is 0 Å². The lowest BCUT2D eigenvalue weighted by Crippen LogP contribution is -2.43. The van der Waals surface area contributed by atoms with Gasteiger partial charge in [0.25, 0.3) is 5.69 Å². The predicted octanol–water partition coefficient (Wildman–Crippen LogP) is 5.70. The van der Waals surface area contributed by atoms with Crippen LogP contribution >= 0.6 is 0 Å². The van der Waals surface area contributed by atoms with Crippen molar-refractivity contribution in [3.8, 4) is 0 Å². The van der Waals surface area contributed by atoms with Crippen LogP contribution in [0, 0.1) is 26.9 Å². The summed E-state index contributed by atoms with van der Waals surface area (Å²) in [6.45, 7) is 11.5. The van der Waals surface area contributed by atoms with Crippen LogP contribution in [0.5, 0.6) is 0 Å². The van der Waals surface area contributed by atoms with Crippen molar-refractivity contribution in [3.63, 3.8) is 0 Å². The van der Waals surface area contributed by atoms with Gasteiger partial charge in [-0.2, -0.15) is 0 Å². The van der Waals surface area contributed by atoms with E-state index >= 15 is 0 Å². The van der Waals surface area contributed by atoms with Gasteiger partial charge in [-0.25, -0.2) is 4.79 Å². The molecule has 2 amide bonds. The van der Waals surface area contributed by atoms with Gasteiger partial charge in [0.05, 0.1) is 4.92 Å². The number of carbonyl (C=O) groups excluding carboxylic acids is 1. The summed E-state index contributed by atoms with van der Waals surface area (Å²) >= 11 is 0. The van der Waals surface area contributed by atoms with Crippen LogP contribution in [0.3, 0.4) is 0 Å². The Bertz CT molecular complexity index is 895. The number of non-ortho nitro benzene ring substituents is 1. The molecule has 0 spiro atoms. The summed E-state index contributed by atoms with van der Waals surface area (Å²) in [5.74, 6) is 0.356. The van der Waals surface area contributed by atoms with Gasteiger partial charge in [-0.3, -0.25) is 10.1 Å². The first-order valence-electron chi connectivity index (χ1n) is 9.91. The van der Waals surface area contributed by atoms with Gasteiger partial charge in [0.15, 0.2) is 0 Å². The molecule has 154 valence electrons. The number of urea groups is 1. The van der Waals surface area contributed by atoms with Gasteiger partial charge in [-0.05, 0) is 35.3 Å². The standard InChI is InChI=1S/C23H29N3O3/c1-16(20-22(2,3)23(20,4)5)25(15-17-10-7-6-8-11-17)21(27)24-18-12-9-13-19(14-18)26(28)29/h6-14,16,20H,15H2,1-5H3,(H,24,27)/t16-/m0/s1. The maximum absolute atomic E-state index is 13.2. The first-order valence-corrected chi connectivity index (χ1v) is 9.91. The second-order valence-electron chi connectivity index (χ2n) is 9.01. The third-order valence-electron chi connectivity index (χ3n) is 6.87. The predicted molar refractivity (Wildman–Crippen MR) is 115 cm³/mol. The Morgan fingerprint density at radius 1 is 1.10 bits per heavy atom. The number of nitro benzene ring substituents is 1. The van der Waals surface area contributed by atoms with Crippen molar-refractivity contribution in [1.29, 1.82) is 0 Å². The van der Waals surface area contributed by atoms with Gasteiger partial charge in [-0.1, -0.05) is 64.1 Å². The maximum Gasteiger partial charge on any atom is 0.322 e. The Labute approximate surface area is 172 Å². The zero-order valence-electron chi connectivity index (χ0n) is 17.7. The Morgan fingerprint density at radius 3 is 2.28 bits per heavy atom. The highest BCUT2D eigenvalue weighted by Crippen LogP contribution is 2.70. The van der Waals surface area contributed by atoms with E-state index < -0.39 is 4.92 Å². The molecule has 1 fully saturated rings. The van der Waals surface area contributed by atoms with Crippen LogP contribution in [0.15, 0.2) is 54.6 Å². The van der Waals surface area contributed by atoms with E-state index in [-0.39, 0.29) is 28.6 Å². The van der Waals surface area contributed by atoms with Crippen LogP contribution < -0.4 is 5.32 Å². The van der Waals surface area contributed by atoms with Crippen molar-refractivity contribution >= 4 is 17.4 Å². The lowest BCUT2D eigenvalue weighted by Gasteiger charge is -2.31. The summed E-state index contributed by atoms with van der Waals surface area (Å²) in [7, 11) is 0. The molecular formula is C23H29N3O3. The number of anilines is 1. The van der Waals surface area contributed by atoms with Crippen molar-refractivity contribution in [3.05, 3.63) is 70.3 Å². The fraction of sp³-hybridized carbons (Fsp3) is 0.435. The molecule has 3 rings (SSSR count). The van der Waals surface area contributed by atoms with E-state index in [1.54, 1.807) is 12.1 Å². The van der Waals surface area contributed by atoms with Crippen LogP contribution in [-0.4, -0.2) is 21.9 Å². The zero-order chi connectivity index (χ0) is 21.4. The highest BCUT2D eigenvalue weighted by molar-refractivity contribution is 5.90. The number of nitrogens with zero attached hydrogens (tertiary/aromatic N) is 2. The first kappa shape index (κ1) is 20.8. The SMILES string of the molecule is C[C@@H](C1C(C)(C)C1(C)C)N(Cc1ccccc1)C(=O)Nc1cccc([N+](=O)[O-])c1. The van der Waals surface area contributed by atoms with Crippen molar-refractivity contribution in [2.75, 3.05) is 5.32 Å². The topological polar surface area (TPSA) is 75.5 Å². The Balaban J connectivity index is 1.85. The second-order valence-corrected chi connectivity index (χ2v) is 9.01. The van der Waals surface area contributed by atoms with Crippen LogP contribution in [-0.2, 0) is 6.54 Å². The smallest absolute Gasteiger partial charge is 0.317 e. The summed E-state index contributed by atoms with van der Waals surface area (Å²) in [6.07, 6.45) is 0. The molecule has 0 bridgehead atoms. The molecule has 2 aromatic rings. The quantitative estimate of drug-likeness (QED) is 0.503. The molecule has 1 aliphatic carbocycles. The average molecular weight is 396 g/mol. The third-order valence-corrected chi connectivity index (χ3v) is 6.87. The molecule has 0 heterocycles. The molecule has 1 aliphatic rings. The lowest BCUT2D eigenvalue weighted by molar-refractivity contribution is -0.384. The largest absolute Gasteiger partial charge is 0.322 e. The van der Waals surface area contributed by atoms with E-state index in [1.165, 1.54) is 12.1 Å². The summed E-state index contributed by atoms with van der Waals surface area (Å²) in [5, 5.41) is 13.9. The summed E-state index contributed by atoms with van der Waals surface area (Å²) in [5.41, 5.74) is 1.68. The van der Waals surface area contributed by atoms with Gasteiger partial charge >= 0.3 is 6.03 Å². The van der Waals surface area contributed by atoms with E-state index in [1.807, 2.05) is 35.2 Å². The number of amides is 2. The molecule has 0 unspecified atom stereocenters. The van der Waals surface area contributed by atoms with Gasteiger partial charge < -0.3 is 10.2 Å². The van der Waals surface area contributed by atoms with Gasteiger partial charge in [-0.15, -0.1) is 0 Å². The van der Waals surface area contributed by atoms with E-state index in [9.17, 15) is 14.9 Å². The van der Waals surface area contributed by atoms with Crippen LogP contribution in [0.4, 0.5) is 16.2 Å². The molecule has 29 heavy (non-hydrogen) atoms. The Kier molecular flexibility index (Phi) is 5.39. The number of hydrogen-bond acceptors (Lipinski definition) is 3. The number of hydrogen-bond donors (Lipinski definition) is 1. The van der Waals surface area contributed by atoms with Crippen molar-refractivity contribution in [1.82, 2.24) is 4.90 Å². The van der Waals surface area contributed by atoms with Gasteiger partial charge in [0.1, 0.15) is 0 Å². The number of nitrogens with one attached hydrogen (secondary N) is 1. The zero-order valence-corrected chi connectivity index (χ0v) is 17.7. The Morgan fingerprint density at radius 2 is 1.72 bits per heavy atom. The van der Waals surface area contributed by atoms with Gasteiger partial charge in [0.2, 0.25) is 0 Å². The molecule has 2 aromatic carbocycles.